The second-order valence-corrected chi connectivity index (χ2v) is 6.33. The molecule has 140 valence electrons. The Kier molecular flexibility index (Phi) is 6.62. The van der Waals surface area contributed by atoms with Crippen LogP contribution in [0.2, 0.25) is 0 Å². The molecular formula is C19H26N4O3. The molecule has 1 fully saturated rings. The second kappa shape index (κ2) is 9.35. The van der Waals surface area contributed by atoms with Crippen molar-refractivity contribution in [3.8, 4) is 5.75 Å². The number of morpholine rings is 1. The molecule has 1 aliphatic heterocycles. The largest absolute Gasteiger partial charge is 0.484 e. The van der Waals surface area contributed by atoms with Gasteiger partial charge in [-0.15, -0.1) is 0 Å². The third-order valence-electron chi connectivity index (χ3n) is 4.50. The summed E-state index contributed by atoms with van der Waals surface area (Å²) in [5, 5.41) is 0. The molecule has 1 saturated heterocycles. The van der Waals surface area contributed by atoms with Crippen LogP contribution in [-0.4, -0.2) is 71.3 Å². The number of ether oxygens (including phenoxy) is 2. The highest BCUT2D eigenvalue weighted by Crippen LogP contribution is 2.10. The van der Waals surface area contributed by atoms with Crippen molar-refractivity contribution in [1.82, 2.24) is 19.4 Å². The Morgan fingerprint density at radius 3 is 2.73 bits per heavy atom. The van der Waals surface area contributed by atoms with E-state index < -0.39 is 0 Å². The fourth-order valence-electron chi connectivity index (χ4n) is 2.85. The van der Waals surface area contributed by atoms with Crippen molar-refractivity contribution < 1.29 is 14.3 Å². The first kappa shape index (κ1) is 18.4. The van der Waals surface area contributed by atoms with Crippen LogP contribution in [0.15, 0.2) is 42.7 Å². The number of amides is 1. The van der Waals surface area contributed by atoms with Gasteiger partial charge in [-0.1, -0.05) is 18.2 Å². The van der Waals surface area contributed by atoms with Crippen molar-refractivity contribution in [1.29, 1.82) is 0 Å². The van der Waals surface area contributed by atoms with Gasteiger partial charge in [0.25, 0.3) is 5.91 Å². The summed E-state index contributed by atoms with van der Waals surface area (Å²) < 4.78 is 13.0. The first-order chi connectivity index (χ1) is 12.7. The molecule has 1 aromatic carbocycles. The van der Waals surface area contributed by atoms with E-state index in [1.807, 2.05) is 53.0 Å². The first-order valence-electron chi connectivity index (χ1n) is 8.94. The number of carbonyl (C=O) groups is 1. The van der Waals surface area contributed by atoms with Crippen LogP contribution in [-0.2, 0) is 23.1 Å². The van der Waals surface area contributed by atoms with Crippen LogP contribution in [0, 0.1) is 0 Å². The molecule has 0 spiro atoms. The van der Waals surface area contributed by atoms with Crippen molar-refractivity contribution in [2.45, 2.75) is 6.54 Å². The molecule has 7 heteroatoms. The summed E-state index contributed by atoms with van der Waals surface area (Å²) in [5.41, 5.74) is 0. The zero-order valence-electron chi connectivity index (χ0n) is 15.2. The molecule has 0 N–H and O–H groups in total. The minimum absolute atomic E-state index is 0.0253. The average molecular weight is 358 g/mol. The Labute approximate surface area is 154 Å². The summed E-state index contributed by atoms with van der Waals surface area (Å²) in [6, 6.07) is 9.41. The van der Waals surface area contributed by atoms with Gasteiger partial charge in [0.15, 0.2) is 6.61 Å². The molecule has 3 rings (SSSR count). The lowest BCUT2D eigenvalue weighted by atomic mass is 10.3. The Bertz CT molecular complexity index is 683. The van der Waals surface area contributed by atoms with E-state index in [2.05, 4.69) is 9.88 Å². The molecule has 2 aromatic rings. The van der Waals surface area contributed by atoms with E-state index >= 15 is 0 Å². The highest BCUT2D eigenvalue weighted by atomic mass is 16.5. The van der Waals surface area contributed by atoms with Crippen LogP contribution >= 0.6 is 0 Å². The summed E-state index contributed by atoms with van der Waals surface area (Å²) >= 11 is 0. The van der Waals surface area contributed by atoms with Gasteiger partial charge in [-0.05, 0) is 12.1 Å². The normalized spacial score (nSPS) is 15.0. The lowest BCUT2D eigenvalue weighted by Crippen LogP contribution is -2.44. The number of benzene rings is 1. The van der Waals surface area contributed by atoms with Crippen LogP contribution < -0.4 is 4.74 Å². The number of nitrogens with zero attached hydrogens (tertiary/aromatic N) is 4. The van der Waals surface area contributed by atoms with E-state index in [0.29, 0.717) is 18.8 Å². The van der Waals surface area contributed by atoms with Crippen molar-refractivity contribution in [2.24, 2.45) is 7.05 Å². The number of para-hydroxylation sites is 1. The molecule has 0 bridgehead atoms. The number of aryl methyl sites for hydroxylation is 1. The Hall–Kier alpha value is -2.38. The summed E-state index contributed by atoms with van der Waals surface area (Å²) in [7, 11) is 1.94. The molecule has 0 unspecified atom stereocenters. The van der Waals surface area contributed by atoms with Crippen LogP contribution in [0.3, 0.4) is 0 Å². The highest BCUT2D eigenvalue weighted by molar-refractivity contribution is 5.77. The molecule has 26 heavy (non-hydrogen) atoms. The van der Waals surface area contributed by atoms with Gasteiger partial charge < -0.3 is 18.9 Å². The van der Waals surface area contributed by atoms with Crippen LogP contribution in [0.1, 0.15) is 5.82 Å². The number of hydrogen-bond acceptors (Lipinski definition) is 5. The summed E-state index contributed by atoms with van der Waals surface area (Å²) in [6.07, 6.45) is 3.64. The molecule has 1 amide bonds. The SMILES string of the molecule is Cn1ccnc1CN(CCN1CCOCC1)C(=O)COc1ccccc1. The molecule has 0 radical (unpaired) electrons. The lowest BCUT2D eigenvalue weighted by molar-refractivity contribution is -0.134. The van der Waals surface area contributed by atoms with Gasteiger partial charge in [-0.3, -0.25) is 9.69 Å². The highest BCUT2D eigenvalue weighted by Gasteiger charge is 2.19. The standard InChI is InChI=1S/C19H26N4O3/c1-21-8-7-20-18(21)15-23(10-9-22-11-13-25-14-12-22)19(24)16-26-17-5-3-2-4-6-17/h2-8H,9-16H2,1H3. The maximum atomic E-state index is 12.7. The third-order valence-corrected chi connectivity index (χ3v) is 4.50. The predicted octanol–water partition coefficient (Wildman–Crippen LogP) is 1.16. The molecule has 7 nitrogen and oxygen atoms in total. The summed E-state index contributed by atoms with van der Waals surface area (Å²) in [4.78, 5) is 21.2. The zero-order chi connectivity index (χ0) is 18.2. The van der Waals surface area contributed by atoms with Gasteiger partial charge in [0.2, 0.25) is 0 Å². The number of aromatic nitrogens is 2. The van der Waals surface area contributed by atoms with Gasteiger partial charge in [-0.2, -0.15) is 0 Å². The van der Waals surface area contributed by atoms with Gasteiger partial charge in [0.05, 0.1) is 19.8 Å². The number of carbonyl (C=O) groups excluding carboxylic acids is 1. The maximum absolute atomic E-state index is 12.7. The van der Waals surface area contributed by atoms with E-state index in [1.54, 1.807) is 6.20 Å². The zero-order valence-corrected chi connectivity index (χ0v) is 15.2. The van der Waals surface area contributed by atoms with E-state index in [-0.39, 0.29) is 12.5 Å². The van der Waals surface area contributed by atoms with Gasteiger partial charge >= 0.3 is 0 Å². The topological polar surface area (TPSA) is 59.8 Å². The second-order valence-electron chi connectivity index (χ2n) is 6.33. The van der Waals surface area contributed by atoms with Crippen molar-refractivity contribution in [3.05, 3.63) is 48.5 Å². The van der Waals surface area contributed by atoms with E-state index in [0.717, 1.165) is 38.7 Å². The van der Waals surface area contributed by atoms with Crippen LogP contribution in [0.5, 0.6) is 5.75 Å². The number of imidazole rings is 1. The minimum atomic E-state index is -0.0369. The Balaban J connectivity index is 1.58. The van der Waals surface area contributed by atoms with Crippen molar-refractivity contribution >= 4 is 5.91 Å². The molecule has 0 aliphatic carbocycles. The predicted molar refractivity (Wildman–Crippen MR) is 97.8 cm³/mol. The smallest absolute Gasteiger partial charge is 0.260 e. The minimum Gasteiger partial charge on any atom is -0.484 e. The van der Waals surface area contributed by atoms with Crippen molar-refractivity contribution in [3.63, 3.8) is 0 Å². The molecule has 0 atom stereocenters. The Morgan fingerprint density at radius 1 is 1.27 bits per heavy atom. The van der Waals surface area contributed by atoms with Crippen molar-refractivity contribution in [2.75, 3.05) is 46.0 Å². The van der Waals surface area contributed by atoms with E-state index in [9.17, 15) is 4.79 Å². The maximum Gasteiger partial charge on any atom is 0.260 e. The van der Waals surface area contributed by atoms with Crippen LogP contribution in [0.4, 0.5) is 0 Å². The fraction of sp³-hybridized carbons (Fsp3) is 0.474. The Morgan fingerprint density at radius 2 is 2.04 bits per heavy atom. The molecule has 0 saturated carbocycles. The number of rotatable bonds is 8. The first-order valence-corrected chi connectivity index (χ1v) is 8.94. The molecule has 2 heterocycles. The van der Waals surface area contributed by atoms with Gasteiger partial charge in [0, 0.05) is 45.6 Å². The molecular weight excluding hydrogens is 332 g/mol. The van der Waals surface area contributed by atoms with Gasteiger partial charge in [-0.25, -0.2) is 4.98 Å². The lowest BCUT2D eigenvalue weighted by Gasteiger charge is -2.30. The average Bonchev–Trinajstić information content (AvgIpc) is 3.09. The van der Waals surface area contributed by atoms with Crippen LogP contribution in [0.25, 0.3) is 0 Å². The van der Waals surface area contributed by atoms with E-state index in [1.165, 1.54) is 0 Å². The number of hydrogen-bond donors (Lipinski definition) is 0. The quantitative estimate of drug-likeness (QED) is 0.709. The molecule has 1 aromatic heterocycles. The molecule has 1 aliphatic rings. The van der Waals surface area contributed by atoms with E-state index in [4.69, 9.17) is 9.47 Å². The monoisotopic (exact) mass is 358 g/mol. The summed E-state index contributed by atoms with van der Waals surface area (Å²) in [6.45, 7) is 5.29. The summed E-state index contributed by atoms with van der Waals surface area (Å²) in [5.74, 6) is 1.52. The third kappa shape index (κ3) is 5.31. The van der Waals surface area contributed by atoms with Gasteiger partial charge in [0.1, 0.15) is 11.6 Å². The fourth-order valence-corrected chi connectivity index (χ4v) is 2.85.